The molecule has 1 aromatic heterocycles. The lowest BCUT2D eigenvalue weighted by Crippen LogP contribution is -2.53. The van der Waals surface area contributed by atoms with Crippen molar-refractivity contribution in [2.24, 2.45) is 0 Å². The van der Waals surface area contributed by atoms with Gasteiger partial charge in [0.2, 0.25) is 0 Å². The zero-order valence-corrected chi connectivity index (χ0v) is 14.8. The summed E-state index contributed by atoms with van der Waals surface area (Å²) in [6, 6.07) is 7.70. The molecular formula is C16H22N6OS. The van der Waals surface area contributed by atoms with Gasteiger partial charge in [-0.15, -0.1) is 22.0 Å². The zero-order valence-electron chi connectivity index (χ0n) is 14.0. The summed E-state index contributed by atoms with van der Waals surface area (Å²) in [6.45, 7) is 3.86. The molecular weight excluding hydrogens is 324 g/mol. The number of likely N-dealkylation sites (tertiary alicyclic amines) is 1. The number of aromatic nitrogens is 4. The number of nitrogens with one attached hydrogen (secondary N) is 2. The highest BCUT2D eigenvalue weighted by atomic mass is 32.2. The fourth-order valence-electron chi connectivity index (χ4n) is 2.93. The van der Waals surface area contributed by atoms with E-state index in [1.807, 2.05) is 24.3 Å². The molecule has 0 bridgehead atoms. The minimum atomic E-state index is -0.562. The minimum absolute atomic E-state index is 0.0996. The number of H-pyrrole nitrogens is 1. The van der Waals surface area contributed by atoms with Crippen LogP contribution in [0.3, 0.4) is 0 Å². The quantitative estimate of drug-likeness (QED) is 0.801. The lowest BCUT2D eigenvalue weighted by atomic mass is 9.86. The van der Waals surface area contributed by atoms with Crippen molar-refractivity contribution < 1.29 is 4.79 Å². The van der Waals surface area contributed by atoms with E-state index in [0.717, 1.165) is 31.7 Å². The molecule has 0 unspecified atom stereocenters. The maximum Gasteiger partial charge on any atom is 0.252 e. The number of carbonyl (C=O) groups is 1. The highest BCUT2D eigenvalue weighted by Crippen LogP contribution is 2.30. The van der Waals surface area contributed by atoms with E-state index < -0.39 is 5.54 Å². The summed E-state index contributed by atoms with van der Waals surface area (Å²) in [5.74, 6) is 1.47. The molecule has 0 spiro atoms. The maximum atomic E-state index is 12.7. The van der Waals surface area contributed by atoms with Gasteiger partial charge in [-0.05, 0) is 49.9 Å². The van der Waals surface area contributed by atoms with Crippen LogP contribution in [0.25, 0.3) is 0 Å². The largest absolute Gasteiger partial charge is 0.339 e. The molecule has 1 aliphatic rings. The van der Waals surface area contributed by atoms with Crippen LogP contribution in [0.2, 0.25) is 0 Å². The van der Waals surface area contributed by atoms with Crippen LogP contribution in [-0.4, -0.2) is 57.3 Å². The molecule has 7 nitrogen and oxygen atoms in total. The molecule has 128 valence electrons. The molecule has 2 N–H and O–H groups in total. The molecule has 1 saturated heterocycles. The number of tetrazole rings is 1. The summed E-state index contributed by atoms with van der Waals surface area (Å²) in [7, 11) is 2.08. The van der Waals surface area contributed by atoms with E-state index in [2.05, 4.69) is 44.8 Å². The van der Waals surface area contributed by atoms with E-state index in [9.17, 15) is 4.79 Å². The first-order chi connectivity index (χ1) is 11.6. The molecule has 1 aliphatic heterocycles. The Labute approximate surface area is 145 Å². The van der Waals surface area contributed by atoms with Gasteiger partial charge in [0.25, 0.3) is 5.91 Å². The first-order valence-electron chi connectivity index (χ1n) is 8.11. The Kier molecular flexibility index (Phi) is 5.15. The van der Waals surface area contributed by atoms with Gasteiger partial charge in [-0.2, -0.15) is 5.21 Å². The minimum Gasteiger partial charge on any atom is -0.339 e. The second-order valence-corrected chi connectivity index (χ2v) is 7.37. The smallest absolute Gasteiger partial charge is 0.252 e. The molecule has 1 amide bonds. The third-order valence-electron chi connectivity index (χ3n) is 4.39. The Morgan fingerprint density at radius 1 is 1.33 bits per heavy atom. The van der Waals surface area contributed by atoms with Crippen LogP contribution in [0.15, 0.2) is 29.2 Å². The number of amides is 1. The maximum absolute atomic E-state index is 12.7. The fraction of sp³-hybridized carbons (Fsp3) is 0.500. The summed E-state index contributed by atoms with van der Waals surface area (Å²) in [5, 5.41) is 17.6. The Bertz CT molecular complexity index is 664. The number of hydrogen-bond acceptors (Lipinski definition) is 6. The molecule has 2 aromatic rings. The van der Waals surface area contributed by atoms with Gasteiger partial charge < -0.3 is 10.2 Å². The van der Waals surface area contributed by atoms with E-state index in [0.29, 0.717) is 11.4 Å². The van der Waals surface area contributed by atoms with Crippen molar-refractivity contribution >= 4 is 17.7 Å². The molecule has 24 heavy (non-hydrogen) atoms. The van der Waals surface area contributed by atoms with Crippen molar-refractivity contribution in [1.29, 1.82) is 0 Å². The molecule has 0 aliphatic carbocycles. The van der Waals surface area contributed by atoms with E-state index >= 15 is 0 Å². The first kappa shape index (κ1) is 16.9. The lowest BCUT2D eigenvalue weighted by molar-refractivity contribution is 0.0813. The average Bonchev–Trinajstić information content (AvgIpc) is 3.13. The van der Waals surface area contributed by atoms with Crippen LogP contribution < -0.4 is 5.32 Å². The van der Waals surface area contributed by atoms with Gasteiger partial charge in [-0.3, -0.25) is 4.79 Å². The van der Waals surface area contributed by atoms with E-state index in [1.165, 1.54) is 4.90 Å². The van der Waals surface area contributed by atoms with Gasteiger partial charge >= 0.3 is 0 Å². The zero-order chi connectivity index (χ0) is 17.0. The number of rotatable bonds is 5. The van der Waals surface area contributed by atoms with Gasteiger partial charge in [-0.25, -0.2) is 0 Å². The Hall–Kier alpha value is -1.93. The highest BCUT2D eigenvalue weighted by molar-refractivity contribution is 7.99. The number of nitrogens with zero attached hydrogens (tertiary/aromatic N) is 4. The van der Waals surface area contributed by atoms with Crippen LogP contribution in [0, 0.1) is 0 Å². The number of hydrogen-bond donors (Lipinski definition) is 2. The van der Waals surface area contributed by atoms with Crippen molar-refractivity contribution in [2.45, 2.75) is 30.2 Å². The van der Waals surface area contributed by atoms with Crippen LogP contribution in [0.5, 0.6) is 0 Å². The Balaban J connectivity index is 1.78. The first-order valence-corrected chi connectivity index (χ1v) is 9.09. The molecule has 1 fully saturated rings. The molecule has 0 atom stereocenters. The van der Waals surface area contributed by atoms with E-state index in [1.54, 1.807) is 11.8 Å². The summed E-state index contributed by atoms with van der Waals surface area (Å²) in [5.41, 5.74) is 0.0882. The summed E-state index contributed by atoms with van der Waals surface area (Å²) < 4.78 is 0. The van der Waals surface area contributed by atoms with E-state index in [4.69, 9.17) is 0 Å². The van der Waals surface area contributed by atoms with Crippen molar-refractivity contribution in [3.63, 3.8) is 0 Å². The summed E-state index contributed by atoms with van der Waals surface area (Å²) >= 11 is 1.76. The average molecular weight is 346 g/mol. The number of aromatic amines is 1. The molecule has 1 aromatic carbocycles. The second kappa shape index (κ2) is 7.31. The van der Waals surface area contributed by atoms with Gasteiger partial charge in [-0.1, -0.05) is 12.1 Å². The van der Waals surface area contributed by atoms with Crippen molar-refractivity contribution in [3.8, 4) is 0 Å². The van der Waals surface area contributed by atoms with Gasteiger partial charge in [0.05, 0.1) is 0 Å². The SMILES string of the molecule is CCSc1ccc(C(=O)NC2(c3nn[nH]n3)CCN(C)CC2)cc1. The number of carbonyl (C=O) groups excluding carboxylic acids is 1. The van der Waals surface area contributed by atoms with Crippen LogP contribution >= 0.6 is 11.8 Å². The summed E-state index contributed by atoms with van der Waals surface area (Å²) in [6.07, 6.45) is 1.52. The Morgan fingerprint density at radius 3 is 2.62 bits per heavy atom. The monoisotopic (exact) mass is 346 g/mol. The molecule has 0 radical (unpaired) electrons. The second-order valence-electron chi connectivity index (χ2n) is 6.03. The third-order valence-corrected chi connectivity index (χ3v) is 5.29. The molecule has 0 saturated carbocycles. The predicted octanol–water partition coefficient (Wildman–Crippen LogP) is 1.66. The summed E-state index contributed by atoms with van der Waals surface area (Å²) in [4.78, 5) is 16.2. The van der Waals surface area contributed by atoms with Gasteiger partial charge in [0.15, 0.2) is 5.82 Å². The standard InChI is InChI=1S/C16H22N6OS/c1-3-24-13-6-4-12(5-7-13)14(23)17-16(15-18-20-21-19-15)8-10-22(2)11-9-16/h4-7H,3,8-11H2,1-2H3,(H,17,23)(H,18,19,20,21). The molecule has 2 heterocycles. The Morgan fingerprint density at radius 2 is 2.04 bits per heavy atom. The van der Waals surface area contributed by atoms with Gasteiger partial charge in [0, 0.05) is 23.5 Å². The van der Waals surface area contributed by atoms with Crippen LogP contribution in [0.4, 0.5) is 0 Å². The van der Waals surface area contributed by atoms with E-state index in [-0.39, 0.29) is 5.91 Å². The van der Waals surface area contributed by atoms with Crippen LogP contribution in [0.1, 0.15) is 35.9 Å². The number of thioether (sulfide) groups is 1. The highest BCUT2D eigenvalue weighted by Gasteiger charge is 2.40. The number of benzene rings is 1. The normalized spacial score (nSPS) is 17.6. The predicted molar refractivity (Wildman–Crippen MR) is 92.9 cm³/mol. The van der Waals surface area contributed by atoms with Crippen molar-refractivity contribution in [1.82, 2.24) is 30.8 Å². The molecule has 3 rings (SSSR count). The fourth-order valence-corrected chi connectivity index (χ4v) is 3.59. The lowest BCUT2D eigenvalue weighted by Gasteiger charge is -2.38. The molecule has 8 heteroatoms. The third kappa shape index (κ3) is 3.59. The topological polar surface area (TPSA) is 86.8 Å². The van der Waals surface area contributed by atoms with Crippen molar-refractivity contribution in [3.05, 3.63) is 35.7 Å². The van der Waals surface area contributed by atoms with Crippen molar-refractivity contribution in [2.75, 3.05) is 25.9 Å². The van der Waals surface area contributed by atoms with Gasteiger partial charge in [0.1, 0.15) is 5.54 Å². The number of piperidine rings is 1. The van der Waals surface area contributed by atoms with Crippen LogP contribution in [-0.2, 0) is 5.54 Å².